The first-order valence-corrected chi connectivity index (χ1v) is 6.50. The van der Waals surface area contributed by atoms with Crippen molar-refractivity contribution in [1.82, 2.24) is 0 Å². The fourth-order valence-corrected chi connectivity index (χ4v) is 1.95. The molecule has 2 aliphatic rings. The van der Waals surface area contributed by atoms with Crippen molar-refractivity contribution in [2.45, 2.75) is 25.7 Å². The Kier molecular flexibility index (Phi) is 4.45. The summed E-state index contributed by atoms with van der Waals surface area (Å²) >= 11 is 0. The van der Waals surface area contributed by atoms with E-state index in [0.717, 1.165) is 12.8 Å². The zero-order valence-corrected chi connectivity index (χ0v) is 10.9. The molecule has 0 amide bonds. The topological polar surface area (TPSA) is 93.1 Å². The third-order valence-electron chi connectivity index (χ3n) is 3.10. The van der Waals surface area contributed by atoms with Gasteiger partial charge >= 0.3 is 11.9 Å². The number of esters is 2. The lowest BCUT2D eigenvalue weighted by atomic mass is 10.1. The average molecular weight is 280 g/mol. The molecule has 2 bridgehead atoms. The smallest absolute Gasteiger partial charge is 0.342 e. The van der Waals surface area contributed by atoms with Gasteiger partial charge in [0.05, 0.1) is 13.2 Å². The highest BCUT2D eigenvalue weighted by Crippen LogP contribution is 2.33. The summed E-state index contributed by atoms with van der Waals surface area (Å²) in [5.74, 6) is -2.78. The van der Waals surface area contributed by atoms with Crippen LogP contribution in [0.25, 0.3) is 0 Å². The summed E-state index contributed by atoms with van der Waals surface area (Å²) in [5, 5.41) is 19.6. The van der Waals surface area contributed by atoms with Crippen LogP contribution in [-0.2, 0) is 9.47 Å². The van der Waals surface area contributed by atoms with Crippen molar-refractivity contribution in [2.75, 3.05) is 13.2 Å². The fraction of sp³-hybridized carbons (Fsp3) is 0.429. The van der Waals surface area contributed by atoms with Gasteiger partial charge in [0.15, 0.2) is 11.5 Å². The largest absolute Gasteiger partial charge is 0.504 e. The van der Waals surface area contributed by atoms with Gasteiger partial charge in [-0.2, -0.15) is 0 Å². The van der Waals surface area contributed by atoms with E-state index in [-0.39, 0.29) is 24.3 Å². The molecule has 0 aliphatic carbocycles. The molecule has 3 rings (SSSR count). The molecule has 0 atom stereocenters. The van der Waals surface area contributed by atoms with E-state index in [1.165, 1.54) is 12.1 Å². The van der Waals surface area contributed by atoms with Crippen LogP contribution in [0.2, 0.25) is 0 Å². The molecule has 108 valence electrons. The summed E-state index contributed by atoms with van der Waals surface area (Å²) in [6, 6.07) is 2.47. The molecule has 0 unspecified atom stereocenters. The van der Waals surface area contributed by atoms with E-state index in [0.29, 0.717) is 12.8 Å². The third kappa shape index (κ3) is 3.01. The summed E-state index contributed by atoms with van der Waals surface area (Å²) in [5.41, 5.74) is -0.341. The maximum absolute atomic E-state index is 11.7. The van der Waals surface area contributed by atoms with Gasteiger partial charge < -0.3 is 19.7 Å². The van der Waals surface area contributed by atoms with Crippen LogP contribution in [0.15, 0.2) is 12.1 Å². The molecule has 1 aromatic rings. The lowest BCUT2D eigenvalue weighted by Crippen LogP contribution is -2.11. The number of ether oxygens (including phenoxy) is 2. The average Bonchev–Trinajstić information content (AvgIpc) is 2.43. The molecule has 6 heteroatoms. The van der Waals surface area contributed by atoms with E-state index in [9.17, 15) is 19.8 Å². The minimum Gasteiger partial charge on any atom is -0.504 e. The normalized spacial score (nSPS) is 17.2. The molecular formula is C14H16O6. The summed E-state index contributed by atoms with van der Waals surface area (Å²) in [6.45, 7) is 0.501. The second kappa shape index (κ2) is 6.27. The van der Waals surface area contributed by atoms with E-state index in [2.05, 4.69) is 0 Å². The molecule has 2 heterocycles. The minimum absolute atomic E-state index is 0.170. The quantitative estimate of drug-likeness (QED) is 0.557. The second-order valence-corrected chi connectivity index (χ2v) is 4.54. The lowest BCUT2D eigenvalue weighted by molar-refractivity contribution is 0.0461. The van der Waals surface area contributed by atoms with Crippen molar-refractivity contribution in [3.8, 4) is 11.5 Å². The van der Waals surface area contributed by atoms with Crippen molar-refractivity contribution in [1.29, 1.82) is 0 Å². The summed E-state index contributed by atoms with van der Waals surface area (Å²) in [7, 11) is 0. The zero-order valence-electron chi connectivity index (χ0n) is 10.9. The first kappa shape index (κ1) is 14.2. The first-order valence-electron chi connectivity index (χ1n) is 6.50. The van der Waals surface area contributed by atoms with Crippen LogP contribution in [0.4, 0.5) is 0 Å². The molecular weight excluding hydrogens is 264 g/mol. The van der Waals surface area contributed by atoms with Gasteiger partial charge in [0.25, 0.3) is 0 Å². The highest BCUT2D eigenvalue weighted by Gasteiger charge is 2.22. The molecule has 6 nitrogen and oxygen atoms in total. The molecule has 0 spiro atoms. The summed E-state index contributed by atoms with van der Waals surface area (Å²) in [4.78, 5) is 23.5. The predicted octanol–water partition coefficient (Wildman–Crippen LogP) is 1.99. The Labute approximate surface area is 115 Å². The van der Waals surface area contributed by atoms with E-state index in [1.807, 2.05) is 0 Å². The number of hydrogen-bond acceptors (Lipinski definition) is 6. The van der Waals surface area contributed by atoms with Gasteiger partial charge in [-0.25, -0.2) is 9.59 Å². The molecule has 0 radical (unpaired) electrons. The Morgan fingerprint density at radius 3 is 1.55 bits per heavy atom. The molecule has 1 aromatic carbocycles. The molecule has 0 saturated heterocycles. The van der Waals surface area contributed by atoms with Gasteiger partial charge in [-0.15, -0.1) is 0 Å². The van der Waals surface area contributed by atoms with Crippen molar-refractivity contribution < 1.29 is 29.3 Å². The van der Waals surface area contributed by atoms with Crippen LogP contribution < -0.4 is 0 Å². The Hall–Kier alpha value is -2.24. The lowest BCUT2D eigenvalue weighted by Gasteiger charge is -2.12. The molecule has 0 aromatic heterocycles. The number of phenolic OH excluding ortho intramolecular Hbond substituents is 2. The number of carbonyl (C=O) groups is 2. The van der Waals surface area contributed by atoms with Gasteiger partial charge in [-0.1, -0.05) is 0 Å². The van der Waals surface area contributed by atoms with Gasteiger partial charge in [0.2, 0.25) is 0 Å². The predicted molar refractivity (Wildman–Crippen MR) is 68.8 cm³/mol. The zero-order chi connectivity index (χ0) is 14.5. The Morgan fingerprint density at radius 2 is 1.15 bits per heavy atom. The highest BCUT2D eigenvalue weighted by atomic mass is 16.5. The molecule has 2 N–H and O–H groups in total. The first-order chi connectivity index (χ1) is 9.61. The van der Waals surface area contributed by atoms with Crippen molar-refractivity contribution >= 4 is 11.9 Å². The van der Waals surface area contributed by atoms with E-state index in [4.69, 9.17) is 9.47 Å². The van der Waals surface area contributed by atoms with Gasteiger partial charge in [0.1, 0.15) is 11.1 Å². The van der Waals surface area contributed by atoms with Gasteiger partial charge in [-0.05, 0) is 37.8 Å². The number of phenols is 2. The van der Waals surface area contributed by atoms with Crippen LogP contribution in [0.5, 0.6) is 11.5 Å². The third-order valence-corrected chi connectivity index (χ3v) is 3.10. The highest BCUT2D eigenvalue weighted by molar-refractivity contribution is 5.99. The van der Waals surface area contributed by atoms with E-state index in [1.54, 1.807) is 0 Å². The standard InChI is InChI=1S/C14H16O6/c15-11-9-5-6-10(12(11)16)14(18)20-8-4-2-1-3-7-19-13(9)17/h5-6,15-16H,1-4,7-8H2. The van der Waals surface area contributed by atoms with Crippen molar-refractivity contribution in [2.24, 2.45) is 0 Å². The molecule has 0 fully saturated rings. The number of fused-ring (bicyclic) bond motifs is 11. The Morgan fingerprint density at radius 1 is 0.750 bits per heavy atom. The fourth-order valence-electron chi connectivity index (χ4n) is 1.95. The minimum atomic E-state index is -0.727. The Balaban J connectivity index is 2.33. The van der Waals surface area contributed by atoms with Crippen LogP contribution in [0, 0.1) is 0 Å². The number of hydrogen-bond donors (Lipinski definition) is 2. The van der Waals surface area contributed by atoms with Crippen molar-refractivity contribution in [3.05, 3.63) is 23.3 Å². The maximum atomic E-state index is 11.7. The monoisotopic (exact) mass is 280 g/mol. The van der Waals surface area contributed by atoms with E-state index < -0.39 is 23.4 Å². The molecule has 2 aliphatic heterocycles. The second-order valence-electron chi connectivity index (χ2n) is 4.54. The van der Waals surface area contributed by atoms with E-state index >= 15 is 0 Å². The van der Waals surface area contributed by atoms with Crippen LogP contribution in [-0.4, -0.2) is 35.4 Å². The van der Waals surface area contributed by atoms with Crippen molar-refractivity contribution in [3.63, 3.8) is 0 Å². The molecule has 0 saturated carbocycles. The van der Waals surface area contributed by atoms with Crippen LogP contribution in [0.1, 0.15) is 46.4 Å². The SMILES string of the molecule is O=C1OCCCCCCOC(=O)c2ccc1c(O)c2O. The molecule has 20 heavy (non-hydrogen) atoms. The Bertz CT molecular complexity index is 476. The van der Waals surface area contributed by atoms with Gasteiger partial charge in [0, 0.05) is 0 Å². The van der Waals surface area contributed by atoms with Crippen LogP contribution >= 0.6 is 0 Å². The summed E-state index contributed by atoms with van der Waals surface area (Å²) in [6.07, 6.45) is 3.12. The number of benzene rings is 1. The summed E-state index contributed by atoms with van der Waals surface area (Å²) < 4.78 is 10.0. The maximum Gasteiger partial charge on any atom is 0.342 e. The van der Waals surface area contributed by atoms with Gasteiger partial charge in [-0.3, -0.25) is 0 Å². The number of carbonyl (C=O) groups excluding carboxylic acids is 2. The number of rotatable bonds is 0. The van der Waals surface area contributed by atoms with Crippen LogP contribution in [0.3, 0.4) is 0 Å². The number of aromatic hydroxyl groups is 2.